The summed E-state index contributed by atoms with van der Waals surface area (Å²) in [5.74, 6) is -1.09. The molecule has 2 rings (SSSR count). The molecule has 0 aromatic heterocycles. The highest BCUT2D eigenvalue weighted by Gasteiger charge is 2.31. The van der Waals surface area contributed by atoms with Crippen LogP contribution in [-0.4, -0.2) is 54.3 Å². The summed E-state index contributed by atoms with van der Waals surface area (Å²) in [6, 6.07) is 7.27. The summed E-state index contributed by atoms with van der Waals surface area (Å²) in [5.41, 5.74) is 0.798. The van der Waals surface area contributed by atoms with E-state index in [4.69, 9.17) is 21.1 Å². The molecule has 7 heteroatoms. The van der Waals surface area contributed by atoms with Crippen LogP contribution in [0.4, 0.5) is 0 Å². The van der Waals surface area contributed by atoms with Gasteiger partial charge in [0, 0.05) is 17.1 Å². The summed E-state index contributed by atoms with van der Waals surface area (Å²) in [7, 11) is 0. The second kappa shape index (κ2) is 8.29. The molecule has 126 valence electrons. The van der Waals surface area contributed by atoms with Gasteiger partial charge in [0.15, 0.2) is 0 Å². The van der Waals surface area contributed by atoms with Crippen molar-refractivity contribution in [1.82, 2.24) is 4.90 Å². The van der Waals surface area contributed by atoms with Gasteiger partial charge in [-0.05, 0) is 13.0 Å². The molecule has 1 aliphatic rings. The monoisotopic (exact) mass is 341 g/mol. The molecular formula is C16H20ClNO5. The second-order valence-corrected chi connectivity index (χ2v) is 5.60. The lowest BCUT2D eigenvalue weighted by Gasteiger charge is -2.34. The molecule has 2 atom stereocenters. The minimum Gasteiger partial charge on any atom is -0.466 e. The van der Waals surface area contributed by atoms with Crippen molar-refractivity contribution >= 4 is 23.5 Å². The zero-order valence-corrected chi connectivity index (χ0v) is 13.7. The van der Waals surface area contributed by atoms with Crippen molar-refractivity contribution in [2.45, 2.75) is 25.6 Å². The molecular weight excluding hydrogens is 322 g/mol. The molecule has 1 amide bonds. The minimum absolute atomic E-state index is 0.214. The van der Waals surface area contributed by atoms with E-state index < -0.39 is 18.0 Å². The number of esters is 1. The van der Waals surface area contributed by atoms with E-state index in [9.17, 15) is 14.7 Å². The number of halogens is 1. The summed E-state index contributed by atoms with van der Waals surface area (Å²) in [5, 5.41) is 10.5. The minimum atomic E-state index is -1.40. The highest BCUT2D eigenvalue weighted by molar-refractivity contribution is 6.31. The molecule has 1 heterocycles. The van der Waals surface area contributed by atoms with E-state index in [0.717, 1.165) is 5.56 Å². The largest absolute Gasteiger partial charge is 0.466 e. The second-order valence-electron chi connectivity index (χ2n) is 5.19. The van der Waals surface area contributed by atoms with E-state index in [1.54, 1.807) is 13.0 Å². The predicted molar refractivity (Wildman–Crippen MR) is 84.0 cm³/mol. The van der Waals surface area contributed by atoms with Gasteiger partial charge in [0.1, 0.15) is 12.2 Å². The summed E-state index contributed by atoms with van der Waals surface area (Å²) in [4.78, 5) is 25.1. The van der Waals surface area contributed by atoms with Gasteiger partial charge in [0.05, 0.1) is 26.2 Å². The maximum atomic E-state index is 12.3. The number of amides is 1. The van der Waals surface area contributed by atoms with Gasteiger partial charge in [-0.25, -0.2) is 0 Å². The van der Waals surface area contributed by atoms with Crippen LogP contribution >= 0.6 is 11.6 Å². The van der Waals surface area contributed by atoms with Crippen molar-refractivity contribution < 1.29 is 24.2 Å². The van der Waals surface area contributed by atoms with Gasteiger partial charge >= 0.3 is 5.97 Å². The third-order valence-electron chi connectivity index (χ3n) is 3.58. The van der Waals surface area contributed by atoms with Gasteiger partial charge in [-0.15, -0.1) is 0 Å². The van der Waals surface area contributed by atoms with E-state index in [0.29, 0.717) is 18.2 Å². The fourth-order valence-corrected chi connectivity index (χ4v) is 2.71. The first kappa shape index (κ1) is 17.7. The van der Waals surface area contributed by atoms with Crippen LogP contribution in [0.15, 0.2) is 24.3 Å². The Bertz CT molecular complexity index is 565. The standard InChI is InChI=1S/C16H20ClNO5/c1-2-22-15(20)9-13(19)16(21)18-7-8-23-14(10-18)11-5-3-4-6-12(11)17/h3-6,13-14,19H,2,7-10H2,1H3/t13-,14-/m0/s1. The van der Waals surface area contributed by atoms with Gasteiger partial charge in [-0.3, -0.25) is 9.59 Å². The molecule has 0 spiro atoms. The Labute approximate surface area is 139 Å². The summed E-state index contributed by atoms with van der Waals surface area (Å²) >= 11 is 6.16. The van der Waals surface area contributed by atoms with Crippen LogP contribution in [-0.2, 0) is 19.1 Å². The number of morpholine rings is 1. The maximum absolute atomic E-state index is 12.3. The van der Waals surface area contributed by atoms with Crippen molar-refractivity contribution in [3.8, 4) is 0 Å². The zero-order valence-electron chi connectivity index (χ0n) is 12.9. The molecule has 0 aliphatic carbocycles. The summed E-state index contributed by atoms with van der Waals surface area (Å²) in [6.45, 7) is 2.87. The number of aliphatic hydroxyl groups excluding tert-OH is 1. The average Bonchev–Trinajstić information content (AvgIpc) is 2.55. The Morgan fingerprint density at radius 3 is 2.91 bits per heavy atom. The molecule has 6 nitrogen and oxygen atoms in total. The first-order valence-corrected chi connectivity index (χ1v) is 7.89. The van der Waals surface area contributed by atoms with Crippen molar-refractivity contribution in [1.29, 1.82) is 0 Å². The molecule has 0 radical (unpaired) electrons. The maximum Gasteiger partial charge on any atom is 0.308 e. The van der Waals surface area contributed by atoms with Crippen LogP contribution in [0.5, 0.6) is 0 Å². The van der Waals surface area contributed by atoms with Crippen LogP contribution in [0.25, 0.3) is 0 Å². The molecule has 1 fully saturated rings. The summed E-state index contributed by atoms with van der Waals surface area (Å²) in [6.07, 6.45) is -2.10. The Kier molecular flexibility index (Phi) is 6.38. The van der Waals surface area contributed by atoms with Crippen LogP contribution in [0.1, 0.15) is 25.0 Å². The fourth-order valence-electron chi connectivity index (χ4n) is 2.45. The summed E-state index contributed by atoms with van der Waals surface area (Å²) < 4.78 is 10.4. The molecule has 0 bridgehead atoms. The molecule has 0 saturated carbocycles. The number of ether oxygens (including phenoxy) is 2. The lowest BCUT2D eigenvalue weighted by atomic mass is 10.1. The van der Waals surface area contributed by atoms with Gasteiger partial charge in [-0.2, -0.15) is 0 Å². The van der Waals surface area contributed by atoms with Crippen molar-refractivity contribution in [2.75, 3.05) is 26.3 Å². The van der Waals surface area contributed by atoms with Crippen molar-refractivity contribution in [3.05, 3.63) is 34.9 Å². The van der Waals surface area contributed by atoms with Gasteiger partial charge in [0.2, 0.25) is 0 Å². The highest BCUT2D eigenvalue weighted by atomic mass is 35.5. The zero-order chi connectivity index (χ0) is 16.8. The molecule has 0 unspecified atom stereocenters. The number of carbonyl (C=O) groups is 2. The van der Waals surface area contributed by atoms with E-state index >= 15 is 0 Å². The van der Waals surface area contributed by atoms with Gasteiger partial charge in [-0.1, -0.05) is 29.8 Å². The smallest absolute Gasteiger partial charge is 0.308 e. The quantitative estimate of drug-likeness (QED) is 0.822. The fraction of sp³-hybridized carbons (Fsp3) is 0.500. The topological polar surface area (TPSA) is 76.1 Å². The number of aliphatic hydroxyl groups is 1. The molecule has 1 aliphatic heterocycles. The third kappa shape index (κ3) is 4.67. The lowest BCUT2D eigenvalue weighted by molar-refractivity contribution is -0.155. The Morgan fingerprint density at radius 1 is 1.48 bits per heavy atom. The molecule has 1 aromatic carbocycles. The number of benzene rings is 1. The van der Waals surface area contributed by atoms with Gasteiger partial charge in [0.25, 0.3) is 5.91 Å². The van der Waals surface area contributed by atoms with Crippen LogP contribution in [0.2, 0.25) is 5.02 Å². The highest BCUT2D eigenvalue weighted by Crippen LogP contribution is 2.28. The van der Waals surface area contributed by atoms with Crippen LogP contribution in [0.3, 0.4) is 0 Å². The molecule has 1 N–H and O–H groups in total. The number of hydrogen-bond acceptors (Lipinski definition) is 5. The Balaban J connectivity index is 1.99. The van der Waals surface area contributed by atoms with E-state index in [-0.39, 0.29) is 25.7 Å². The van der Waals surface area contributed by atoms with Crippen molar-refractivity contribution in [2.24, 2.45) is 0 Å². The third-order valence-corrected chi connectivity index (χ3v) is 3.92. The molecule has 1 saturated heterocycles. The Hall–Kier alpha value is -1.63. The van der Waals surface area contributed by atoms with E-state index in [1.807, 2.05) is 18.2 Å². The van der Waals surface area contributed by atoms with Crippen LogP contribution < -0.4 is 0 Å². The molecule has 23 heavy (non-hydrogen) atoms. The number of hydrogen-bond donors (Lipinski definition) is 1. The normalized spacial score (nSPS) is 19.3. The van der Waals surface area contributed by atoms with Crippen molar-refractivity contribution in [3.63, 3.8) is 0 Å². The SMILES string of the molecule is CCOC(=O)C[C@H](O)C(=O)N1CCO[C@H](c2ccccc2Cl)C1. The Morgan fingerprint density at radius 2 is 2.22 bits per heavy atom. The predicted octanol–water partition coefficient (Wildman–Crippen LogP) is 1.55. The first-order chi connectivity index (χ1) is 11.0. The number of carbonyl (C=O) groups excluding carboxylic acids is 2. The number of rotatable bonds is 5. The average molecular weight is 342 g/mol. The first-order valence-electron chi connectivity index (χ1n) is 7.51. The number of nitrogens with zero attached hydrogens (tertiary/aromatic N) is 1. The lowest BCUT2D eigenvalue weighted by Crippen LogP contribution is -2.47. The van der Waals surface area contributed by atoms with E-state index in [2.05, 4.69) is 0 Å². The van der Waals surface area contributed by atoms with Gasteiger partial charge < -0.3 is 19.5 Å². The molecule has 1 aromatic rings. The van der Waals surface area contributed by atoms with E-state index in [1.165, 1.54) is 4.90 Å². The van der Waals surface area contributed by atoms with Crippen LogP contribution in [0, 0.1) is 0 Å².